The van der Waals surface area contributed by atoms with Gasteiger partial charge in [0.1, 0.15) is 0 Å². The van der Waals surface area contributed by atoms with Gasteiger partial charge in [0, 0.05) is 19.2 Å². The average molecular weight is 215 g/mol. The maximum atomic E-state index is 11.0. The summed E-state index contributed by atoms with van der Waals surface area (Å²) >= 11 is 0. The molecule has 2 unspecified atom stereocenters. The Bertz CT molecular complexity index is 200. The summed E-state index contributed by atoms with van der Waals surface area (Å²) in [6, 6.07) is 0.346. The molecule has 0 spiro atoms. The molecule has 0 aromatic rings. The van der Waals surface area contributed by atoms with E-state index >= 15 is 0 Å². The molecule has 1 saturated heterocycles. The van der Waals surface area contributed by atoms with Gasteiger partial charge in [-0.15, -0.1) is 0 Å². The van der Waals surface area contributed by atoms with Crippen molar-refractivity contribution in [3.8, 4) is 0 Å². The number of rotatable bonds is 6. The van der Waals surface area contributed by atoms with Crippen LogP contribution in [0.4, 0.5) is 0 Å². The maximum Gasteiger partial charge on any atom is 0.307 e. The third-order valence-electron chi connectivity index (χ3n) is 2.69. The molecule has 0 bridgehead atoms. The monoisotopic (exact) mass is 215 g/mol. The van der Waals surface area contributed by atoms with Crippen molar-refractivity contribution in [2.24, 2.45) is 11.8 Å². The van der Waals surface area contributed by atoms with Crippen LogP contribution in [0.1, 0.15) is 26.7 Å². The number of ether oxygens (including phenoxy) is 1. The van der Waals surface area contributed by atoms with Crippen LogP contribution in [0.15, 0.2) is 0 Å². The van der Waals surface area contributed by atoms with Gasteiger partial charge in [-0.05, 0) is 18.8 Å². The van der Waals surface area contributed by atoms with Crippen LogP contribution >= 0.6 is 0 Å². The summed E-state index contributed by atoms with van der Waals surface area (Å²) in [5.74, 6) is -0.548. The van der Waals surface area contributed by atoms with Gasteiger partial charge in [-0.1, -0.05) is 13.8 Å². The maximum absolute atomic E-state index is 11.0. The summed E-state index contributed by atoms with van der Waals surface area (Å²) in [7, 11) is 0. The first-order chi connectivity index (χ1) is 7.09. The lowest BCUT2D eigenvalue weighted by atomic mass is 9.97. The molecule has 15 heavy (non-hydrogen) atoms. The van der Waals surface area contributed by atoms with Crippen LogP contribution in [0.3, 0.4) is 0 Å². The first-order valence-electron chi connectivity index (χ1n) is 5.63. The smallest absolute Gasteiger partial charge is 0.307 e. The van der Waals surface area contributed by atoms with Crippen molar-refractivity contribution in [1.82, 2.24) is 5.32 Å². The van der Waals surface area contributed by atoms with Gasteiger partial charge >= 0.3 is 5.97 Å². The number of aliphatic carboxylic acids is 1. The quantitative estimate of drug-likeness (QED) is 0.697. The minimum absolute atomic E-state index is 0.273. The molecule has 1 fully saturated rings. The summed E-state index contributed by atoms with van der Waals surface area (Å²) in [6.45, 7) is 6.17. The molecule has 4 nitrogen and oxygen atoms in total. The van der Waals surface area contributed by atoms with E-state index in [4.69, 9.17) is 9.84 Å². The van der Waals surface area contributed by atoms with Crippen LogP contribution < -0.4 is 5.32 Å². The molecule has 0 aromatic carbocycles. The minimum Gasteiger partial charge on any atom is -0.481 e. The Labute approximate surface area is 91.0 Å². The predicted octanol–water partition coefficient (Wildman–Crippen LogP) is 1.11. The van der Waals surface area contributed by atoms with Crippen molar-refractivity contribution < 1.29 is 14.6 Å². The topological polar surface area (TPSA) is 58.6 Å². The number of carboxylic acids is 1. The highest BCUT2D eigenvalue weighted by atomic mass is 16.5. The fourth-order valence-electron chi connectivity index (χ4n) is 1.84. The van der Waals surface area contributed by atoms with Gasteiger partial charge in [-0.3, -0.25) is 4.79 Å². The van der Waals surface area contributed by atoms with Crippen molar-refractivity contribution >= 4 is 5.97 Å². The first kappa shape index (κ1) is 12.5. The van der Waals surface area contributed by atoms with Crippen LogP contribution in [0, 0.1) is 11.8 Å². The Kier molecular flexibility index (Phi) is 5.05. The predicted molar refractivity (Wildman–Crippen MR) is 57.8 cm³/mol. The van der Waals surface area contributed by atoms with Crippen LogP contribution in [-0.2, 0) is 9.53 Å². The second-order valence-electron chi connectivity index (χ2n) is 4.63. The van der Waals surface area contributed by atoms with E-state index in [-0.39, 0.29) is 5.92 Å². The van der Waals surface area contributed by atoms with E-state index in [2.05, 4.69) is 19.2 Å². The zero-order chi connectivity index (χ0) is 11.3. The van der Waals surface area contributed by atoms with Crippen molar-refractivity contribution in [3.05, 3.63) is 0 Å². The SMILES string of the molecule is CC(C)CC(CNC1CCOC1)C(=O)O. The van der Waals surface area contributed by atoms with Gasteiger partial charge in [0.25, 0.3) is 0 Å². The molecule has 0 aliphatic carbocycles. The standard InChI is InChI=1S/C11H21NO3/c1-8(2)5-9(11(13)14)6-12-10-3-4-15-7-10/h8-10,12H,3-7H2,1-2H3,(H,13,14). The third-order valence-corrected chi connectivity index (χ3v) is 2.69. The lowest BCUT2D eigenvalue weighted by molar-refractivity contribution is -0.142. The van der Waals surface area contributed by atoms with E-state index in [1.807, 2.05) is 0 Å². The zero-order valence-corrected chi connectivity index (χ0v) is 9.53. The molecule has 0 amide bonds. The van der Waals surface area contributed by atoms with Gasteiger partial charge in [0.15, 0.2) is 0 Å². The van der Waals surface area contributed by atoms with Crippen LogP contribution in [0.25, 0.3) is 0 Å². The molecule has 4 heteroatoms. The summed E-state index contributed by atoms with van der Waals surface area (Å²) in [4.78, 5) is 11.0. The average Bonchev–Trinajstić information content (AvgIpc) is 2.63. The summed E-state index contributed by atoms with van der Waals surface area (Å²) in [6.07, 6.45) is 1.73. The van der Waals surface area contributed by atoms with Crippen molar-refractivity contribution in [2.75, 3.05) is 19.8 Å². The van der Waals surface area contributed by atoms with Crippen LogP contribution in [0.2, 0.25) is 0 Å². The molecule has 1 aliphatic rings. The lowest BCUT2D eigenvalue weighted by Crippen LogP contribution is -2.36. The lowest BCUT2D eigenvalue weighted by Gasteiger charge is -2.17. The van der Waals surface area contributed by atoms with E-state index < -0.39 is 5.97 Å². The van der Waals surface area contributed by atoms with Crippen molar-refractivity contribution in [3.63, 3.8) is 0 Å². The van der Waals surface area contributed by atoms with Gasteiger partial charge in [-0.25, -0.2) is 0 Å². The summed E-state index contributed by atoms with van der Waals surface area (Å²) in [5.41, 5.74) is 0. The number of carboxylic acid groups (broad SMARTS) is 1. The molecule has 2 atom stereocenters. The Morgan fingerprint density at radius 2 is 2.33 bits per heavy atom. The number of hydrogen-bond acceptors (Lipinski definition) is 3. The minimum atomic E-state index is -0.699. The molecule has 88 valence electrons. The molecule has 0 aromatic heterocycles. The summed E-state index contributed by atoms with van der Waals surface area (Å²) < 4.78 is 5.22. The second kappa shape index (κ2) is 6.08. The van der Waals surface area contributed by atoms with Gasteiger partial charge < -0.3 is 15.2 Å². The highest BCUT2D eigenvalue weighted by Gasteiger charge is 2.21. The Hall–Kier alpha value is -0.610. The molecule has 0 radical (unpaired) electrons. The molecule has 1 rings (SSSR count). The Morgan fingerprint density at radius 1 is 1.60 bits per heavy atom. The fraction of sp³-hybridized carbons (Fsp3) is 0.909. The molecule has 1 aliphatic heterocycles. The molecular weight excluding hydrogens is 194 g/mol. The molecule has 0 saturated carbocycles. The third kappa shape index (κ3) is 4.62. The number of nitrogens with one attached hydrogen (secondary N) is 1. The van der Waals surface area contributed by atoms with E-state index in [0.29, 0.717) is 25.1 Å². The largest absolute Gasteiger partial charge is 0.481 e. The van der Waals surface area contributed by atoms with E-state index in [0.717, 1.165) is 19.4 Å². The zero-order valence-electron chi connectivity index (χ0n) is 9.53. The van der Waals surface area contributed by atoms with E-state index in [1.165, 1.54) is 0 Å². The first-order valence-corrected chi connectivity index (χ1v) is 5.63. The normalized spacial score (nSPS) is 23.3. The second-order valence-corrected chi connectivity index (χ2v) is 4.63. The van der Waals surface area contributed by atoms with Crippen LogP contribution in [0.5, 0.6) is 0 Å². The fourth-order valence-corrected chi connectivity index (χ4v) is 1.84. The number of carbonyl (C=O) groups is 1. The van der Waals surface area contributed by atoms with Crippen molar-refractivity contribution in [2.45, 2.75) is 32.7 Å². The number of hydrogen-bond donors (Lipinski definition) is 2. The molecule has 2 N–H and O–H groups in total. The Morgan fingerprint density at radius 3 is 2.80 bits per heavy atom. The van der Waals surface area contributed by atoms with Gasteiger partial charge in [0.2, 0.25) is 0 Å². The highest BCUT2D eigenvalue weighted by Crippen LogP contribution is 2.12. The van der Waals surface area contributed by atoms with Gasteiger partial charge in [0.05, 0.1) is 12.5 Å². The van der Waals surface area contributed by atoms with E-state index in [9.17, 15) is 4.79 Å². The van der Waals surface area contributed by atoms with Gasteiger partial charge in [-0.2, -0.15) is 0 Å². The van der Waals surface area contributed by atoms with Crippen LogP contribution in [-0.4, -0.2) is 36.9 Å². The molecular formula is C11H21NO3. The summed E-state index contributed by atoms with van der Waals surface area (Å²) in [5, 5.41) is 12.3. The highest BCUT2D eigenvalue weighted by molar-refractivity contribution is 5.70. The van der Waals surface area contributed by atoms with Crippen molar-refractivity contribution in [1.29, 1.82) is 0 Å². The Balaban J connectivity index is 2.27. The molecule has 1 heterocycles. The van der Waals surface area contributed by atoms with E-state index in [1.54, 1.807) is 0 Å².